The van der Waals surface area contributed by atoms with Crippen LogP contribution in [0.1, 0.15) is 29.4 Å². The molecule has 0 aliphatic carbocycles. The van der Waals surface area contributed by atoms with Gasteiger partial charge in [0, 0.05) is 23.9 Å². The number of nitrogens with zero attached hydrogens (tertiary/aromatic N) is 2. The molecule has 0 radical (unpaired) electrons. The van der Waals surface area contributed by atoms with E-state index >= 15 is 0 Å². The van der Waals surface area contributed by atoms with Gasteiger partial charge in [0.15, 0.2) is 23.2 Å². The van der Waals surface area contributed by atoms with Gasteiger partial charge >= 0.3 is 0 Å². The quantitative estimate of drug-likeness (QED) is 0.532. The van der Waals surface area contributed by atoms with Crippen LogP contribution in [0.5, 0.6) is 5.75 Å². The van der Waals surface area contributed by atoms with Crippen LogP contribution < -0.4 is 10.3 Å². The van der Waals surface area contributed by atoms with E-state index in [1.807, 2.05) is 0 Å². The molecule has 1 aliphatic heterocycles. The molecule has 1 aliphatic rings. The third kappa shape index (κ3) is 4.96. The van der Waals surface area contributed by atoms with E-state index < -0.39 is 23.5 Å². The molecule has 10 heteroatoms. The molecule has 1 saturated heterocycles. The number of aromatic amines is 1. The summed E-state index contributed by atoms with van der Waals surface area (Å²) in [4.78, 5) is 38.1. The molecular formula is C24H23F2N3O5. The van der Waals surface area contributed by atoms with Crippen molar-refractivity contribution in [1.29, 1.82) is 0 Å². The Morgan fingerprint density at radius 3 is 2.62 bits per heavy atom. The molecule has 1 unspecified atom stereocenters. The number of benzene rings is 2. The number of hydrogen-bond donors (Lipinski definition) is 1. The lowest BCUT2D eigenvalue weighted by molar-refractivity contribution is -0.139. The minimum Gasteiger partial charge on any atom is -0.485 e. The number of aromatic nitrogens is 2. The van der Waals surface area contributed by atoms with Crippen LogP contribution in [0.2, 0.25) is 0 Å². The first-order valence-corrected chi connectivity index (χ1v) is 10.9. The second-order valence-corrected chi connectivity index (χ2v) is 7.91. The Morgan fingerprint density at radius 1 is 1.21 bits per heavy atom. The summed E-state index contributed by atoms with van der Waals surface area (Å²) in [7, 11) is 0. The molecule has 0 saturated carbocycles. The highest BCUT2D eigenvalue weighted by molar-refractivity contribution is 5.96. The molecule has 1 atom stereocenters. The number of nitrogens with one attached hydrogen (secondary N) is 1. The van der Waals surface area contributed by atoms with E-state index in [0.717, 1.165) is 12.1 Å². The Hall–Kier alpha value is -3.66. The van der Waals surface area contributed by atoms with Gasteiger partial charge in [-0.1, -0.05) is 25.1 Å². The van der Waals surface area contributed by atoms with E-state index in [0.29, 0.717) is 23.0 Å². The number of carbonyl (C=O) groups excluding carboxylic acids is 2. The predicted octanol–water partition coefficient (Wildman–Crippen LogP) is 2.64. The van der Waals surface area contributed by atoms with Crippen LogP contribution in [0.4, 0.5) is 8.78 Å². The summed E-state index contributed by atoms with van der Waals surface area (Å²) in [6.45, 7) is 2.15. The van der Waals surface area contributed by atoms with Crippen molar-refractivity contribution in [2.24, 2.45) is 0 Å². The third-order valence-electron chi connectivity index (χ3n) is 5.64. The van der Waals surface area contributed by atoms with Gasteiger partial charge in [-0.05, 0) is 18.2 Å². The number of ether oxygens (including phenoxy) is 2. The first kappa shape index (κ1) is 23.5. The number of fused-ring (bicyclic) bond motifs is 1. The van der Waals surface area contributed by atoms with Crippen LogP contribution in [-0.2, 0) is 16.0 Å². The minimum absolute atomic E-state index is 0.0267. The largest absolute Gasteiger partial charge is 0.485 e. The van der Waals surface area contributed by atoms with E-state index in [9.17, 15) is 23.2 Å². The van der Waals surface area contributed by atoms with Gasteiger partial charge in [0.25, 0.3) is 5.56 Å². The van der Waals surface area contributed by atoms with Crippen LogP contribution in [-0.4, -0.2) is 59.2 Å². The fourth-order valence-electron chi connectivity index (χ4n) is 3.85. The zero-order valence-corrected chi connectivity index (χ0v) is 18.5. The molecule has 178 valence electrons. The molecule has 0 bridgehead atoms. The zero-order valence-electron chi connectivity index (χ0n) is 18.5. The number of carbonyl (C=O) groups is 2. The molecule has 1 aromatic heterocycles. The van der Waals surface area contributed by atoms with Gasteiger partial charge in [0.1, 0.15) is 12.7 Å². The van der Waals surface area contributed by atoms with Gasteiger partial charge in [-0.3, -0.25) is 14.4 Å². The number of amides is 1. The average molecular weight is 471 g/mol. The number of ketones is 1. The normalized spacial score (nSPS) is 16.0. The highest BCUT2D eigenvalue weighted by Crippen LogP contribution is 2.25. The first-order chi connectivity index (χ1) is 16.4. The molecule has 0 spiro atoms. The van der Waals surface area contributed by atoms with Crippen molar-refractivity contribution < 1.29 is 27.8 Å². The molecule has 1 amide bonds. The monoisotopic (exact) mass is 471 g/mol. The Balaban J connectivity index is 1.40. The Labute approximate surface area is 193 Å². The maximum Gasteiger partial charge on any atom is 0.272 e. The van der Waals surface area contributed by atoms with Crippen molar-refractivity contribution in [2.45, 2.75) is 25.9 Å². The second-order valence-electron chi connectivity index (χ2n) is 7.91. The summed E-state index contributed by atoms with van der Waals surface area (Å²) in [5.74, 6) is -3.14. The van der Waals surface area contributed by atoms with Crippen molar-refractivity contribution >= 4 is 22.5 Å². The van der Waals surface area contributed by atoms with Crippen LogP contribution in [0.3, 0.4) is 0 Å². The van der Waals surface area contributed by atoms with Crippen molar-refractivity contribution in [3.63, 3.8) is 0 Å². The number of hydrogen-bond acceptors (Lipinski definition) is 6. The summed E-state index contributed by atoms with van der Waals surface area (Å²) < 4.78 is 39.5. The molecule has 1 fully saturated rings. The Morgan fingerprint density at radius 2 is 1.91 bits per heavy atom. The first-order valence-electron chi connectivity index (χ1n) is 10.9. The number of Topliss-reactive ketones (excluding diaryl/α,β-unsaturated/α-hetero) is 1. The van der Waals surface area contributed by atoms with Gasteiger partial charge in [-0.2, -0.15) is 5.10 Å². The van der Waals surface area contributed by atoms with Gasteiger partial charge in [-0.25, -0.2) is 13.9 Å². The van der Waals surface area contributed by atoms with Crippen LogP contribution in [0, 0.1) is 11.6 Å². The minimum atomic E-state index is -0.975. The molecule has 34 heavy (non-hydrogen) atoms. The maximum absolute atomic E-state index is 14.3. The van der Waals surface area contributed by atoms with Gasteiger partial charge in [0.2, 0.25) is 5.91 Å². The fraction of sp³-hybridized carbons (Fsp3) is 0.333. The Kier molecular flexibility index (Phi) is 6.97. The van der Waals surface area contributed by atoms with Crippen molar-refractivity contribution in [3.05, 3.63) is 69.6 Å². The molecule has 1 N–H and O–H groups in total. The number of H-pyrrole nitrogens is 1. The average Bonchev–Trinajstić information content (AvgIpc) is 2.85. The fourth-order valence-corrected chi connectivity index (χ4v) is 3.85. The van der Waals surface area contributed by atoms with Crippen LogP contribution >= 0.6 is 0 Å². The summed E-state index contributed by atoms with van der Waals surface area (Å²) in [6, 6.07) is 8.79. The molecular weight excluding hydrogens is 448 g/mol. The van der Waals surface area contributed by atoms with E-state index in [1.165, 1.54) is 0 Å². The predicted molar refractivity (Wildman–Crippen MR) is 119 cm³/mol. The second kappa shape index (κ2) is 10.1. The van der Waals surface area contributed by atoms with Crippen molar-refractivity contribution in [1.82, 2.24) is 15.1 Å². The molecule has 2 aromatic carbocycles. The highest BCUT2D eigenvalue weighted by atomic mass is 19.1. The van der Waals surface area contributed by atoms with Gasteiger partial charge in [0.05, 0.1) is 30.7 Å². The topological polar surface area (TPSA) is 102 Å². The number of rotatable bonds is 7. The Bertz CT molecular complexity index is 1270. The van der Waals surface area contributed by atoms with E-state index in [-0.39, 0.29) is 55.4 Å². The molecule has 3 aromatic rings. The van der Waals surface area contributed by atoms with E-state index in [4.69, 9.17) is 9.47 Å². The smallest absolute Gasteiger partial charge is 0.272 e. The van der Waals surface area contributed by atoms with Gasteiger partial charge in [-0.15, -0.1) is 0 Å². The zero-order chi connectivity index (χ0) is 24.2. The standard InChI is InChI=1S/C24H23F2N3O5/c1-2-21(30)14-9-18(25)23(19(26)10-14)34-13-15-12-29(7-8-33-15)22(31)11-20-16-5-3-4-6-17(16)24(32)28-27-20/h3-6,9-10,15H,2,7-8,11-13H2,1H3,(H,28,32). The maximum atomic E-state index is 14.3. The molecule has 4 rings (SSSR count). The van der Waals surface area contributed by atoms with Crippen LogP contribution in [0.15, 0.2) is 41.2 Å². The summed E-state index contributed by atoms with van der Waals surface area (Å²) in [6.07, 6.45) is -0.502. The lowest BCUT2D eigenvalue weighted by atomic mass is 10.1. The van der Waals surface area contributed by atoms with E-state index in [2.05, 4.69) is 10.2 Å². The summed E-state index contributed by atoms with van der Waals surface area (Å²) in [5.41, 5.74) is 0.0613. The lowest BCUT2D eigenvalue weighted by Gasteiger charge is -2.33. The number of halogens is 2. The van der Waals surface area contributed by atoms with Crippen LogP contribution in [0.25, 0.3) is 10.8 Å². The SMILES string of the molecule is CCC(=O)c1cc(F)c(OCC2CN(C(=O)Cc3n[nH]c(=O)c4ccccc34)CCO2)c(F)c1. The number of morpholine rings is 1. The highest BCUT2D eigenvalue weighted by Gasteiger charge is 2.27. The molecule has 2 heterocycles. The third-order valence-corrected chi connectivity index (χ3v) is 5.64. The summed E-state index contributed by atoms with van der Waals surface area (Å²) in [5, 5.41) is 7.49. The van der Waals surface area contributed by atoms with Crippen molar-refractivity contribution in [3.8, 4) is 5.75 Å². The van der Waals surface area contributed by atoms with Crippen molar-refractivity contribution in [2.75, 3.05) is 26.3 Å². The summed E-state index contributed by atoms with van der Waals surface area (Å²) >= 11 is 0. The van der Waals surface area contributed by atoms with E-state index in [1.54, 1.807) is 36.1 Å². The lowest BCUT2D eigenvalue weighted by Crippen LogP contribution is -2.48. The van der Waals surface area contributed by atoms with Gasteiger partial charge < -0.3 is 14.4 Å². The molecule has 8 nitrogen and oxygen atoms in total.